The number of ether oxygens (including phenoxy) is 3. The average Bonchev–Trinajstić information content (AvgIpc) is 2.95. The van der Waals surface area contributed by atoms with E-state index in [2.05, 4.69) is 15.9 Å². The Morgan fingerprint density at radius 2 is 1.58 bits per heavy atom. The number of carbonyl (C=O) groups excluding carboxylic acids is 3. The maximum Gasteiger partial charge on any atom is 0.348 e. The summed E-state index contributed by atoms with van der Waals surface area (Å²) in [5.74, 6) is -2.09. The molecule has 0 saturated heterocycles. The van der Waals surface area contributed by atoms with E-state index in [1.807, 2.05) is 0 Å². The predicted octanol–water partition coefficient (Wildman–Crippen LogP) is 3.33. The van der Waals surface area contributed by atoms with E-state index in [1.54, 1.807) is 26.2 Å². The zero-order chi connectivity index (χ0) is 18.1. The minimum absolute atomic E-state index is 0.120. The van der Waals surface area contributed by atoms with Gasteiger partial charge in [-0.25, -0.2) is 14.4 Å². The van der Waals surface area contributed by atoms with Gasteiger partial charge >= 0.3 is 17.9 Å². The van der Waals surface area contributed by atoms with Crippen molar-refractivity contribution in [3.05, 3.63) is 27.0 Å². The van der Waals surface area contributed by atoms with E-state index in [1.165, 1.54) is 17.4 Å². The lowest BCUT2D eigenvalue weighted by atomic mass is 10.1. The smallest absolute Gasteiger partial charge is 0.348 e. The largest absolute Gasteiger partial charge is 0.462 e. The molecule has 0 aliphatic heterocycles. The molecule has 24 heavy (non-hydrogen) atoms. The summed E-state index contributed by atoms with van der Waals surface area (Å²) in [5.41, 5.74) is 0.949. The fourth-order valence-corrected chi connectivity index (χ4v) is 3.40. The summed E-state index contributed by atoms with van der Waals surface area (Å²) >= 11 is 4.52. The third kappa shape index (κ3) is 5.17. The van der Waals surface area contributed by atoms with Crippen LogP contribution in [0.3, 0.4) is 0 Å². The molecule has 1 rings (SSSR count). The number of thiophene rings is 1. The average molecular weight is 419 g/mol. The fraction of sp³-hybridized carbons (Fsp3) is 0.438. The molecule has 0 atom stereocenters. The highest BCUT2D eigenvalue weighted by atomic mass is 79.9. The second-order valence-corrected chi connectivity index (χ2v) is 5.80. The monoisotopic (exact) mass is 418 g/mol. The van der Waals surface area contributed by atoms with Gasteiger partial charge in [0.25, 0.3) is 0 Å². The second kappa shape index (κ2) is 10.2. The van der Waals surface area contributed by atoms with Crippen LogP contribution in [0.2, 0.25) is 0 Å². The first-order valence-electron chi connectivity index (χ1n) is 7.39. The van der Waals surface area contributed by atoms with Crippen molar-refractivity contribution in [1.29, 1.82) is 0 Å². The van der Waals surface area contributed by atoms with Crippen LogP contribution in [0.1, 0.15) is 41.6 Å². The van der Waals surface area contributed by atoms with Gasteiger partial charge < -0.3 is 14.2 Å². The van der Waals surface area contributed by atoms with Crippen LogP contribution in [0.15, 0.2) is 11.0 Å². The zero-order valence-electron chi connectivity index (χ0n) is 13.7. The van der Waals surface area contributed by atoms with Gasteiger partial charge in [0.05, 0.1) is 19.8 Å². The van der Waals surface area contributed by atoms with Gasteiger partial charge in [0.1, 0.15) is 10.5 Å². The van der Waals surface area contributed by atoms with Crippen molar-refractivity contribution < 1.29 is 28.6 Å². The van der Waals surface area contributed by atoms with Crippen LogP contribution in [-0.4, -0.2) is 37.7 Å². The Balaban J connectivity index is 3.38. The molecular formula is C16H19BrO6S. The number of alkyl halides is 1. The summed E-state index contributed by atoms with van der Waals surface area (Å²) in [5, 5.41) is 2.22. The van der Waals surface area contributed by atoms with Gasteiger partial charge in [-0.2, -0.15) is 0 Å². The third-order valence-electron chi connectivity index (χ3n) is 2.79. The highest BCUT2D eigenvalue weighted by molar-refractivity contribution is 9.08. The molecular weight excluding hydrogens is 400 g/mol. The van der Waals surface area contributed by atoms with Gasteiger partial charge in [-0.15, -0.1) is 11.3 Å². The van der Waals surface area contributed by atoms with Crippen LogP contribution >= 0.6 is 27.3 Å². The van der Waals surface area contributed by atoms with E-state index in [0.29, 0.717) is 15.8 Å². The maximum absolute atomic E-state index is 12.1. The molecule has 132 valence electrons. The molecule has 1 aromatic heterocycles. The summed E-state index contributed by atoms with van der Waals surface area (Å²) in [7, 11) is 0. The lowest BCUT2D eigenvalue weighted by Gasteiger charge is -2.08. The summed E-state index contributed by atoms with van der Waals surface area (Å²) in [4.78, 5) is 36.5. The van der Waals surface area contributed by atoms with Crippen molar-refractivity contribution >= 4 is 51.3 Å². The Kier molecular flexibility index (Phi) is 8.70. The number of hydrogen-bond acceptors (Lipinski definition) is 7. The standard InChI is InChI=1S/C16H19BrO6S/c1-4-21-14(18)12(15(19)22-5-2)7-11-10(8-17)9-24-13(11)16(20)23-6-3/h7,9H,4-6,8H2,1-3H3. The van der Waals surface area contributed by atoms with Gasteiger partial charge in [-0.3, -0.25) is 0 Å². The lowest BCUT2D eigenvalue weighted by Crippen LogP contribution is -2.18. The van der Waals surface area contributed by atoms with Crippen LogP contribution in [-0.2, 0) is 29.1 Å². The molecule has 0 fully saturated rings. The van der Waals surface area contributed by atoms with Gasteiger partial charge in [-0.1, -0.05) is 15.9 Å². The molecule has 0 N–H and O–H groups in total. The van der Waals surface area contributed by atoms with E-state index >= 15 is 0 Å². The number of carbonyl (C=O) groups is 3. The highest BCUT2D eigenvalue weighted by Gasteiger charge is 2.24. The van der Waals surface area contributed by atoms with Crippen molar-refractivity contribution in [2.24, 2.45) is 0 Å². The SMILES string of the molecule is CCOC(=O)C(=Cc1c(CBr)csc1C(=O)OCC)C(=O)OCC. The van der Waals surface area contributed by atoms with Crippen LogP contribution in [0.5, 0.6) is 0 Å². The molecule has 0 aliphatic rings. The topological polar surface area (TPSA) is 78.9 Å². The van der Waals surface area contributed by atoms with Crippen LogP contribution < -0.4 is 0 Å². The Hall–Kier alpha value is -1.67. The normalized spacial score (nSPS) is 10.0. The fourth-order valence-electron chi connectivity index (χ4n) is 1.78. The molecule has 0 radical (unpaired) electrons. The number of esters is 3. The van der Waals surface area contributed by atoms with E-state index in [-0.39, 0.29) is 25.4 Å². The molecule has 0 saturated carbocycles. The van der Waals surface area contributed by atoms with Crippen LogP contribution in [0.25, 0.3) is 6.08 Å². The predicted molar refractivity (Wildman–Crippen MR) is 94.1 cm³/mol. The molecule has 0 amide bonds. The Morgan fingerprint density at radius 3 is 2.04 bits per heavy atom. The van der Waals surface area contributed by atoms with E-state index in [9.17, 15) is 14.4 Å². The minimum Gasteiger partial charge on any atom is -0.462 e. The van der Waals surface area contributed by atoms with Crippen LogP contribution in [0.4, 0.5) is 0 Å². The summed E-state index contributed by atoms with van der Waals surface area (Å²) in [6.07, 6.45) is 1.33. The van der Waals surface area contributed by atoms with Crippen molar-refractivity contribution in [3.63, 3.8) is 0 Å². The molecule has 0 spiro atoms. The maximum atomic E-state index is 12.1. The summed E-state index contributed by atoms with van der Waals surface area (Å²) in [6.45, 7) is 5.45. The molecule has 0 unspecified atom stereocenters. The number of halogens is 1. The molecule has 0 aliphatic carbocycles. The quantitative estimate of drug-likeness (QED) is 0.161. The molecule has 0 bridgehead atoms. The van der Waals surface area contributed by atoms with Crippen molar-refractivity contribution in [3.8, 4) is 0 Å². The van der Waals surface area contributed by atoms with E-state index in [0.717, 1.165) is 5.56 Å². The van der Waals surface area contributed by atoms with Gasteiger partial charge in [-0.05, 0) is 37.8 Å². The van der Waals surface area contributed by atoms with E-state index < -0.39 is 17.9 Å². The zero-order valence-corrected chi connectivity index (χ0v) is 16.1. The highest BCUT2D eigenvalue weighted by Crippen LogP contribution is 2.28. The molecule has 1 aromatic rings. The minimum atomic E-state index is -0.794. The molecule has 1 heterocycles. The first-order chi connectivity index (χ1) is 11.5. The van der Waals surface area contributed by atoms with Crippen molar-refractivity contribution in [2.75, 3.05) is 19.8 Å². The van der Waals surface area contributed by atoms with Crippen LogP contribution in [0, 0.1) is 0 Å². The number of hydrogen-bond donors (Lipinski definition) is 0. The summed E-state index contributed by atoms with van der Waals surface area (Å²) in [6, 6.07) is 0. The third-order valence-corrected chi connectivity index (χ3v) is 4.42. The molecule has 8 heteroatoms. The van der Waals surface area contributed by atoms with Gasteiger partial charge in [0.15, 0.2) is 0 Å². The Bertz CT molecular complexity index is 615. The first kappa shape index (κ1) is 20.4. The second-order valence-electron chi connectivity index (χ2n) is 4.36. The first-order valence-corrected chi connectivity index (χ1v) is 9.39. The van der Waals surface area contributed by atoms with Crippen molar-refractivity contribution in [2.45, 2.75) is 26.1 Å². The number of rotatable bonds is 8. The lowest BCUT2D eigenvalue weighted by molar-refractivity contribution is -0.146. The molecule has 6 nitrogen and oxygen atoms in total. The van der Waals surface area contributed by atoms with Crippen molar-refractivity contribution in [1.82, 2.24) is 0 Å². The Labute approximate surface area is 152 Å². The van der Waals surface area contributed by atoms with Gasteiger partial charge in [0, 0.05) is 10.9 Å². The molecule has 0 aromatic carbocycles. The van der Waals surface area contributed by atoms with E-state index in [4.69, 9.17) is 14.2 Å². The Morgan fingerprint density at radius 1 is 1.04 bits per heavy atom. The van der Waals surface area contributed by atoms with Gasteiger partial charge in [0.2, 0.25) is 0 Å². The summed E-state index contributed by atoms with van der Waals surface area (Å²) < 4.78 is 14.8.